The van der Waals surface area contributed by atoms with Crippen molar-refractivity contribution in [2.24, 2.45) is 0 Å². The lowest BCUT2D eigenvalue weighted by molar-refractivity contribution is -0.393. The lowest BCUT2D eigenvalue weighted by Gasteiger charge is -2.00. The molecule has 10 heteroatoms. The molecule has 2 rings (SSSR count). The highest BCUT2D eigenvalue weighted by atomic mass is 16.6. The maximum atomic E-state index is 10.8. The maximum absolute atomic E-state index is 10.8. The number of benzene rings is 1. The Kier molecular flexibility index (Phi) is 2.75. The van der Waals surface area contributed by atoms with Crippen LogP contribution in [0.4, 0.5) is 17.1 Å². The van der Waals surface area contributed by atoms with Gasteiger partial charge in [-0.25, -0.2) is 4.98 Å². The summed E-state index contributed by atoms with van der Waals surface area (Å²) in [5, 5.41) is 32.1. The van der Waals surface area contributed by atoms with E-state index < -0.39 is 31.8 Å². The van der Waals surface area contributed by atoms with Gasteiger partial charge in [0.05, 0.1) is 26.2 Å². The third-order valence-corrected chi connectivity index (χ3v) is 2.39. The molecule has 1 aromatic carbocycles. The zero-order valence-corrected chi connectivity index (χ0v) is 9.05. The van der Waals surface area contributed by atoms with E-state index in [0.29, 0.717) is 0 Å². The molecule has 0 bridgehead atoms. The van der Waals surface area contributed by atoms with Gasteiger partial charge in [0.15, 0.2) is 5.52 Å². The third-order valence-electron chi connectivity index (χ3n) is 2.39. The molecule has 0 fully saturated rings. The van der Waals surface area contributed by atoms with E-state index in [-0.39, 0.29) is 10.9 Å². The summed E-state index contributed by atoms with van der Waals surface area (Å²) >= 11 is 0. The zero-order valence-electron chi connectivity index (χ0n) is 9.05. The number of nitrogens with zero attached hydrogens (tertiary/aromatic N) is 4. The summed E-state index contributed by atoms with van der Waals surface area (Å²) in [6, 6.07) is 2.64. The molecular formula is C9H4N4O6. The van der Waals surface area contributed by atoms with Crippen LogP contribution in [0.1, 0.15) is 0 Å². The minimum absolute atomic E-state index is 0.242. The average molecular weight is 264 g/mol. The summed E-state index contributed by atoms with van der Waals surface area (Å²) in [6.07, 6.45) is 1.04. The first-order chi connectivity index (χ1) is 8.91. The van der Waals surface area contributed by atoms with Crippen molar-refractivity contribution in [3.63, 3.8) is 0 Å². The molecule has 0 amide bonds. The molecule has 0 radical (unpaired) electrons. The standard InChI is InChI=1S/C9H4N4O6/c14-11(15)5-3-6-7(12(16)17)1-2-10-9(6)8(4-5)13(18)19/h1-4H. The van der Waals surface area contributed by atoms with Crippen molar-refractivity contribution in [3.05, 3.63) is 54.7 Å². The number of nitro groups is 3. The van der Waals surface area contributed by atoms with Gasteiger partial charge in [-0.1, -0.05) is 0 Å². The Morgan fingerprint density at radius 1 is 0.895 bits per heavy atom. The van der Waals surface area contributed by atoms with Crippen LogP contribution < -0.4 is 0 Å². The molecule has 0 N–H and O–H groups in total. The highest BCUT2D eigenvalue weighted by Crippen LogP contribution is 2.34. The molecule has 0 spiro atoms. The predicted molar refractivity (Wildman–Crippen MR) is 61.7 cm³/mol. The Labute approximate surface area is 103 Å². The number of nitro benzene ring substituents is 2. The molecule has 0 saturated heterocycles. The molecule has 1 heterocycles. The monoisotopic (exact) mass is 264 g/mol. The van der Waals surface area contributed by atoms with Crippen molar-refractivity contribution in [1.29, 1.82) is 0 Å². The van der Waals surface area contributed by atoms with E-state index in [0.717, 1.165) is 24.4 Å². The minimum Gasteiger partial charge on any atom is -0.258 e. The van der Waals surface area contributed by atoms with Gasteiger partial charge in [-0.3, -0.25) is 30.3 Å². The predicted octanol–water partition coefficient (Wildman–Crippen LogP) is 1.96. The second-order valence-corrected chi connectivity index (χ2v) is 3.46. The number of hydrogen-bond donors (Lipinski definition) is 0. The van der Waals surface area contributed by atoms with Crippen LogP contribution in [-0.2, 0) is 0 Å². The van der Waals surface area contributed by atoms with Crippen LogP contribution in [0.5, 0.6) is 0 Å². The first kappa shape index (κ1) is 12.3. The Balaban J connectivity index is 2.95. The van der Waals surface area contributed by atoms with Crippen molar-refractivity contribution >= 4 is 28.0 Å². The average Bonchev–Trinajstić information content (AvgIpc) is 2.36. The SMILES string of the molecule is O=[N+]([O-])c1cc([N+](=O)[O-])c2nccc([N+](=O)[O-])c2c1. The van der Waals surface area contributed by atoms with E-state index in [9.17, 15) is 30.3 Å². The van der Waals surface area contributed by atoms with Gasteiger partial charge in [0.25, 0.3) is 11.4 Å². The second-order valence-electron chi connectivity index (χ2n) is 3.46. The fourth-order valence-electron chi connectivity index (χ4n) is 1.61. The number of aromatic nitrogens is 1. The highest BCUT2D eigenvalue weighted by molar-refractivity contribution is 5.95. The van der Waals surface area contributed by atoms with Gasteiger partial charge in [-0.15, -0.1) is 0 Å². The molecule has 0 aliphatic rings. The van der Waals surface area contributed by atoms with Gasteiger partial charge >= 0.3 is 5.69 Å². The zero-order chi connectivity index (χ0) is 14.2. The minimum atomic E-state index is -0.869. The highest BCUT2D eigenvalue weighted by Gasteiger charge is 2.25. The molecule has 1 aromatic heterocycles. The van der Waals surface area contributed by atoms with E-state index in [2.05, 4.69) is 4.98 Å². The molecule has 0 aliphatic carbocycles. The number of non-ortho nitro benzene ring substituents is 2. The lowest BCUT2D eigenvalue weighted by Crippen LogP contribution is -1.98. The Hall–Kier alpha value is -3.17. The Morgan fingerprint density at radius 3 is 2.05 bits per heavy atom. The quantitative estimate of drug-likeness (QED) is 0.608. The van der Waals surface area contributed by atoms with Crippen molar-refractivity contribution in [1.82, 2.24) is 4.98 Å². The van der Waals surface area contributed by atoms with Crippen molar-refractivity contribution in [2.45, 2.75) is 0 Å². The van der Waals surface area contributed by atoms with E-state index in [1.807, 2.05) is 0 Å². The molecule has 0 aliphatic heterocycles. The van der Waals surface area contributed by atoms with Crippen molar-refractivity contribution < 1.29 is 14.8 Å². The Morgan fingerprint density at radius 2 is 1.53 bits per heavy atom. The van der Waals surface area contributed by atoms with Crippen LogP contribution in [0.2, 0.25) is 0 Å². The van der Waals surface area contributed by atoms with Crippen LogP contribution in [0.25, 0.3) is 10.9 Å². The van der Waals surface area contributed by atoms with Gasteiger partial charge in [0.2, 0.25) is 0 Å². The first-order valence-corrected chi connectivity index (χ1v) is 4.77. The molecule has 96 valence electrons. The molecule has 0 unspecified atom stereocenters. The first-order valence-electron chi connectivity index (χ1n) is 4.77. The van der Waals surface area contributed by atoms with Crippen LogP contribution in [0, 0.1) is 30.3 Å². The lowest BCUT2D eigenvalue weighted by atomic mass is 10.1. The topological polar surface area (TPSA) is 142 Å². The van der Waals surface area contributed by atoms with E-state index in [1.165, 1.54) is 0 Å². The van der Waals surface area contributed by atoms with Crippen LogP contribution >= 0.6 is 0 Å². The summed E-state index contributed by atoms with van der Waals surface area (Å²) in [4.78, 5) is 33.5. The Bertz CT molecular complexity index is 728. The smallest absolute Gasteiger partial charge is 0.258 e. The van der Waals surface area contributed by atoms with Crippen molar-refractivity contribution in [2.75, 3.05) is 0 Å². The van der Waals surface area contributed by atoms with E-state index >= 15 is 0 Å². The van der Waals surface area contributed by atoms with Crippen LogP contribution in [0.15, 0.2) is 24.4 Å². The van der Waals surface area contributed by atoms with Crippen LogP contribution in [0.3, 0.4) is 0 Å². The fourth-order valence-corrected chi connectivity index (χ4v) is 1.61. The maximum Gasteiger partial charge on any atom is 0.302 e. The molecule has 0 atom stereocenters. The number of hydrogen-bond acceptors (Lipinski definition) is 7. The molecule has 0 saturated carbocycles. The van der Waals surface area contributed by atoms with Gasteiger partial charge in [-0.05, 0) is 0 Å². The fraction of sp³-hybridized carbons (Fsp3) is 0. The van der Waals surface area contributed by atoms with Gasteiger partial charge < -0.3 is 0 Å². The largest absolute Gasteiger partial charge is 0.302 e. The normalized spacial score (nSPS) is 10.3. The van der Waals surface area contributed by atoms with Crippen molar-refractivity contribution in [3.8, 4) is 0 Å². The van der Waals surface area contributed by atoms with E-state index in [4.69, 9.17) is 0 Å². The van der Waals surface area contributed by atoms with E-state index in [1.54, 1.807) is 0 Å². The number of rotatable bonds is 3. The summed E-state index contributed by atoms with van der Waals surface area (Å²) in [5.74, 6) is 0. The van der Waals surface area contributed by atoms with Gasteiger partial charge in [0, 0.05) is 18.3 Å². The second kappa shape index (κ2) is 4.25. The molecular weight excluding hydrogens is 260 g/mol. The van der Waals surface area contributed by atoms with Gasteiger partial charge in [-0.2, -0.15) is 0 Å². The molecule has 19 heavy (non-hydrogen) atoms. The summed E-state index contributed by atoms with van der Waals surface area (Å²) in [6.45, 7) is 0. The summed E-state index contributed by atoms with van der Waals surface area (Å²) in [5.41, 5.74) is -1.98. The summed E-state index contributed by atoms with van der Waals surface area (Å²) in [7, 11) is 0. The molecule has 2 aromatic rings. The number of fused-ring (bicyclic) bond motifs is 1. The van der Waals surface area contributed by atoms with Crippen LogP contribution in [-0.4, -0.2) is 19.8 Å². The van der Waals surface area contributed by atoms with Gasteiger partial charge in [0.1, 0.15) is 0 Å². The molecule has 10 nitrogen and oxygen atoms in total. The summed E-state index contributed by atoms with van der Waals surface area (Å²) < 4.78 is 0. The number of pyridine rings is 1. The third kappa shape index (κ3) is 2.01.